The Morgan fingerprint density at radius 2 is 1.83 bits per heavy atom. The molecule has 0 aliphatic rings. The van der Waals surface area contributed by atoms with E-state index in [1.54, 1.807) is 24.3 Å². The van der Waals surface area contributed by atoms with Crippen molar-refractivity contribution in [3.63, 3.8) is 0 Å². The SMILES string of the molecule is CCCCCCNCCC(=O)c1ccc(Cl)cc1. The van der Waals surface area contributed by atoms with E-state index in [0.717, 1.165) is 18.7 Å². The summed E-state index contributed by atoms with van der Waals surface area (Å²) in [4.78, 5) is 11.8. The topological polar surface area (TPSA) is 29.1 Å². The van der Waals surface area contributed by atoms with Gasteiger partial charge in [-0.1, -0.05) is 37.8 Å². The molecule has 0 saturated carbocycles. The van der Waals surface area contributed by atoms with Crippen molar-refractivity contribution in [2.24, 2.45) is 0 Å². The molecule has 0 amide bonds. The van der Waals surface area contributed by atoms with Crippen LogP contribution in [0.5, 0.6) is 0 Å². The minimum atomic E-state index is 0.174. The molecule has 0 atom stereocenters. The Labute approximate surface area is 115 Å². The van der Waals surface area contributed by atoms with Gasteiger partial charge in [-0.2, -0.15) is 0 Å². The molecule has 0 unspecified atom stereocenters. The van der Waals surface area contributed by atoms with Crippen molar-refractivity contribution >= 4 is 17.4 Å². The monoisotopic (exact) mass is 267 g/mol. The Hall–Kier alpha value is -0.860. The van der Waals surface area contributed by atoms with Gasteiger partial charge in [-0.3, -0.25) is 4.79 Å². The number of ketones is 1. The average molecular weight is 268 g/mol. The predicted octanol–water partition coefficient (Wildman–Crippen LogP) is 4.08. The molecule has 0 aliphatic carbocycles. The highest BCUT2D eigenvalue weighted by molar-refractivity contribution is 6.30. The molecule has 0 saturated heterocycles. The molecule has 0 spiro atoms. The molecule has 0 heterocycles. The number of hydrogen-bond acceptors (Lipinski definition) is 2. The number of carbonyl (C=O) groups excluding carboxylic acids is 1. The standard InChI is InChI=1S/C15H22ClNO/c1-2-3-4-5-11-17-12-10-15(18)13-6-8-14(16)9-7-13/h6-9,17H,2-5,10-12H2,1H3. The van der Waals surface area contributed by atoms with Crippen LogP contribution in [-0.4, -0.2) is 18.9 Å². The van der Waals surface area contributed by atoms with Gasteiger partial charge in [0.1, 0.15) is 0 Å². The van der Waals surface area contributed by atoms with E-state index in [0.29, 0.717) is 11.4 Å². The Morgan fingerprint density at radius 1 is 1.11 bits per heavy atom. The van der Waals surface area contributed by atoms with Gasteiger partial charge in [-0.25, -0.2) is 0 Å². The molecule has 0 aliphatic heterocycles. The predicted molar refractivity (Wildman–Crippen MR) is 77.4 cm³/mol. The fourth-order valence-electron chi connectivity index (χ4n) is 1.78. The van der Waals surface area contributed by atoms with E-state index < -0.39 is 0 Å². The molecular formula is C15H22ClNO. The van der Waals surface area contributed by atoms with Gasteiger partial charge >= 0.3 is 0 Å². The van der Waals surface area contributed by atoms with Crippen molar-refractivity contribution in [1.29, 1.82) is 0 Å². The van der Waals surface area contributed by atoms with Crippen LogP contribution in [0.3, 0.4) is 0 Å². The van der Waals surface area contributed by atoms with Crippen LogP contribution in [0.15, 0.2) is 24.3 Å². The summed E-state index contributed by atoms with van der Waals surface area (Å²) in [5, 5.41) is 3.98. The summed E-state index contributed by atoms with van der Waals surface area (Å²) in [7, 11) is 0. The fraction of sp³-hybridized carbons (Fsp3) is 0.533. The first kappa shape index (κ1) is 15.2. The third kappa shape index (κ3) is 6.18. The van der Waals surface area contributed by atoms with Gasteiger partial charge in [0.05, 0.1) is 0 Å². The van der Waals surface area contributed by atoms with E-state index in [1.807, 2.05) is 0 Å². The van der Waals surface area contributed by atoms with E-state index in [9.17, 15) is 4.79 Å². The number of carbonyl (C=O) groups is 1. The minimum absolute atomic E-state index is 0.174. The van der Waals surface area contributed by atoms with Crippen molar-refractivity contribution in [3.8, 4) is 0 Å². The van der Waals surface area contributed by atoms with Gasteiger partial charge in [0.25, 0.3) is 0 Å². The summed E-state index contributed by atoms with van der Waals surface area (Å²) in [5.41, 5.74) is 0.743. The quantitative estimate of drug-likeness (QED) is 0.539. The van der Waals surface area contributed by atoms with Gasteiger partial charge in [0, 0.05) is 23.6 Å². The summed E-state index contributed by atoms with van der Waals surface area (Å²) in [6.07, 6.45) is 5.58. The average Bonchev–Trinajstić information content (AvgIpc) is 2.38. The van der Waals surface area contributed by atoms with Crippen LogP contribution in [0.4, 0.5) is 0 Å². The molecule has 1 N–H and O–H groups in total. The normalized spacial score (nSPS) is 10.6. The number of hydrogen-bond donors (Lipinski definition) is 1. The number of rotatable bonds is 9. The molecule has 0 radical (unpaired) electrons. The fourth-order valence-corrected chi connectivity index (χ4v) is 1.91. The maximum Gasteiger partial charge on any atom is 0.164 e. The lowest BCUT2D eigenvalue weighted by Gasteiger charge is -2.04. The largest absolute Gasteiger partial charge is 0.316 e. The highest BCUT2D eigenvalue weighted by Gasteiger charge is 2.04. The first-order chi connectivity index (χ1) is 8.74. The number of benzene rings is 1. The molecule has 0 fully saturated rings. The van der Waals surface area contributed by atoms with Gasteiger partial charge in [-0.05, 0) is 37.2 Å². The molecule has 2 nitrogen and oxygen atoms in total. The van der Waals surface area contributed by atoms with Gasteiger partial charge in [0.2, 0.25) is 0 Å². The zero-order valence-electron chi connectivity index (χ0n) is 11.0. The lowest BCUT2D eigenvalue weighted by Crippen LogP contribution is -2.19. The summed E-state index contributed by atoms with van der Waals surface area (Å²) < 4.78 is 0. The van der Waals surface area contributed by atoms with E-state index in [1.165, 1.54) is 25.7 Å². The molecule has 1 aromatic carbocycles. The zero-order valence-corrected chi connectivity index (χ0v) is 11.8. The Kier molecular flexibility index (Phi) is 7.70. The van der Waals surface area contributed by atoms with Crippen molar-refractivity contribution in [2.75, 3.05) is 13.1 Å². The second kappa shape index (κ2) is 9.12. The van der Waals surface area contributed by atoms with Gasteiger partial charge in [0.15, 0.2) is 5.78 Å². The van der Waals surface area contributed by atoms with Gasteiger partial charge in [-0.15, -0.1) is 0 Å². The molecular weight excluding hydrogens is 246 g/mol. The van der Waals surface area contributed by atoms with Crippen molar-refractivity contribution < 1.29 is 4.79 Å². The van der Waals surface area contributed by atoms with Crippen molar-refractivity contribution in [3.05, 3.63) is 34.9 Å². The number of nitrogens with one attached hydrogen (secondary N) is 1. The molecule has 3 heteroatoms. The van der Waals surface area contributed by atoms with Crippen LogP contribution in [0.2, 0.25) is 5.02 Å². The first-order valence-corrected chi connectivity index (χ1v) is 7.11. The zero-order chi connectivity index (χ0) is 13.2. The maximum absolute atomic E-state index is 11.8. The van der Waals surface area contributed by atoms with Crippen LogP contribution in [0.25, 0.3) is 0 Å². The highest BCUT2D eigenvalue weighted by atomic mass is 35.5. The maximum atomic E-state index is 11.8. The van der Waals surface area contributed by atoms with E-state index in [4.69, 9.17) is 11.6 Å². The summed E-state index contributed by atoms with van der Waals surface area (Å²) >= 11 is 5.78. The molecule has 1 rings (SSSR count). The number of halogens is 1. The number of Topliss-reactive ketones (excluding diaryl/α,β-unsaturated/α-hetero) is 1. The second-order valence-corrected chi connectivity index (χ2v) is 4.93. The summed E-state index contributed by atoms with van der Waals surface area (Å²) in [6, 6.07) is 7.08. The van der Waals surface area contributed by atoms with E-state index in [2.05, 4.69) is 12.2 Å². The second-order valence-electron chi connectivity index (χ2n) is 4.49. The summed E-state index contributed by atoms with van der Waals surface area (Å²) in [6.45, 7) is 3.97. The molecule has 1 aromatic rings. The van der Waals surface area contributed by atoms with E-state index >= 15 is 0 Å². The van der Waals surface area contributed by atoms with Crippen LogP contribution < -0.4 is 5.32 Å². The van der Waals surface area contributed by atoms with Crippen molar-refractivity contribution in [2.45, 2.75) is 39.0 Å². The van der Waals surface area contributed by atoms with Crippen LogP contribution in [0.1, 0.15) is 49.4 Å². The first-order valence-electron chi connectivity index (χ1n) is 6.73. The Morgan fingerprint density at radius 3 is 2.50 bits per heavy atom. The van der Waals surface area contributed by atoms with Gasteiger partial charge < -0.3 is 5.32 Å². The van der Waals surface area contributed by atoms with Crippen LogP contribution >= 0.6 is 11.6 Å². The lowest BCUT2D eigenvalue weighted by atomic mass is 10.1. The smallest absolute Gasteiger partial charge is 0.164 e. The summed E-state index contributed by atoms with van der Waals surface area (Å²) in [5.74, 6) is 0.174. The third-order valence-electron chi connectivity index (χ3n) is 2.90. The third-order valence-corrected chi connectivity index (χ3v) is 3.15. The number of unbranched alkanes of at least 4 members (excludes halogenated alkanes) is 3. The minimum Gasteiger partial charge on any atom is -0.316 e. The van der Waals surface area contributed by atoms with E-state index in [-0.39, 0.29) is 5.78 Å². The lowest BCUT2D eigenvalue weighted by molar-refractivity contribution is 0.0982. The molecule has 18 heavy (non-hydrogen) atoms. The molecule has 0 aromatic heterocycles. The molecule has 0 bridgehead atoms. The highest BCUT2D eigenvalue weighted by Crippen LogP contribution is 2.10. The van der Waals surface area contributed by atoms with Crippen LogP contribution in [0, 0.1) is 0 Å². The Balaban J connectivity index is 2.12. The Bertz CT molecular complexity index is 348. The molecule has 100 valence electrons. The van der Waals surface area contributed by atoms with Crippen LogP contribution in [-0.2, 0) is 0 Å². The van der Waals surface area contributed by atoms with Crippen molar-refractivity contribution in [1.82, 2.24) is 5.32 Å².